The molecule has 1 saturated heterocycles. The number of cyclic esters (lactones) is 2. The molecule has 2 rings (SSSR count). The number of ether oxygens (including phenoxy) is 2. The fourth-order valence-electron chi connectivity index (χ4n) is 1.50. The van der Waals surface area contributed by atoms with Gasteiger partial charge in [-0.2, -0.15) is 0 Å². The highest BCUT2D eigenvalue weighted by atomic mass is 16.7. The Balaban J connectivity index is 2.24. The van der Waals surface area contributed by atoms with Crippen LogP contribution in [0.4, 0.5) is 5.69 Å². The number of carbonyl (C=O) groups excluding carboxylic acids is 2. The molecule has 19 heavy (non-hydrogen) atoms. The normalized spacial score (nSPS) is 19.4. The van der Waals surface area contributed by atoms with Gasteiger partial charge in [0, 0.05) is 26.1 Å². The molecular formula is C12H12N2O5. The second-order valence-corrected chi connectivity index (χ2v) is 4.34. The van der Waals surface area contributed by atoms with Crippen molar-refractivity contribution in [2.75, 3.05) is 0 Å². The largest absolute Gasteiger partial charge is 0.624 e. The Kier molecular flexibility index (Phi) is 3.32. The molecule has 1 N–H and O–H groups in total. The minimum atomic E-state index is -1.32. The van der Waals surface area contributed by atoms with Crippen molar-refractivity contribution in [2.24, 2.45) is 0 Å². The third-order valence-corrected chi connectivity index (χ3v) is 2.34. The molecular weight excluding hydrogens is 252 g/mol. The van der Waals surface area contributed by atoms with Crippen LogP contribution >= 0.6 is 0 Å². The molecule has 1 aromatic heterocycles. The molecule has 7 nitrogen and oxygen atoms in total. The van der Waals surface area contributed by atoms with E-state index < -0.39 is 28.4 Å². The summed E-state index contributed by atoms with van der Waals surface area (Å²) in [4.78, 5) is 27.0. The number of quaternary nitrogens is 1. The minimum Gasteiger partial charge on any atom is -0.624 e. The van der Waals surface area contributed by atoms with Gasteiger partial charge >= 0.3 is 11.9 Å². The summed E-state index contributed by atoms with van der Waals surface area (Å²) in [5, 5.41) is 11.3. The Bertz CT molecular complexity index is 516. The zero-order valence-electron chi connectivity index (χ0n) is 10.4. The highest BCUT2D eigenvalue weighted by Crippen LogP contribution is 2.21. The highest BCUT2D eigenvalue weighted by molar-refractivity contribution is 6.15. The summed E-state index contributed by atoms with van der Waals surface area (Å²) in [6.07, 6.45) is 3.75. The first-order chi connectivity index (χ1) is 8.89. The van der Waals surface area contributed by atoms with Gasteiger partial charge in [-0.25, -0.2) is 9.59 Å². The van der Waals surface area contributed by atoms with Crippen LogP contribution in [0.1, 0.15) is 13.8 Å². The van der Waals surface area contributed by atoms with Gasteiger partial charge in [0.05, 0.1) is 6.20 Å². The standard InChI is InChI=1S/C12H12N2O5/c1-12(2)18-10(15)9(11(16)19-12)7-14(17)8-4-3-5-13-6-8/h3-7,14H,1-2H3. The van der Waals surface area contributed by atoms with E-state index in [1.165, 1.54) is 32.3 Å². The van der Waals surface area contributed by atoms with Crippen LogP contribution in [-0.4, -0.2) is 22.7 Å². The van der Waals surface area contributed by atoms with E-state index in [0.29, 0.717) is 0 Å². The number of hydrogen-bond donors (Lipinski definition) is 1. The quantitative estimate of drug-likeness (QED) is 0.344. The number of nitrogens with zero attached hydrogens (tertiary/aromatic N) is 1. The molecule has 0 radical (unpaired) electrons. The van der Waals surface area contributed by atoms with Gasteiger partial charge < -0.3 is 19.7 Å². The van der Waals surface area contributed by atoms with Crippen molar-refractivity contribution in [3.05, 3.63) is 41.5 Å². The summed E-state index contributed by atoms with van der Waals surface area (Å²) in [6, 6.07) is 3.10. The van der Waals surface area contributed by atoms with Crippen molar-refractivity contribution in [1.82, 2.24) is 4.98 Å². The zero-order chi connectivity index (χ0) is 14.0. The number of hydrogen-bond acceptors (Lipinski definition) is 6. The maximum absolute atomic E-state index is 11.8. The molecule has 0 saturated carbocycles. The fraction of sp³-hybridized carbons (Fsp3) is 0.250. The predicted molar refractivity (Wildman–Crippen MR) is 62.6 cm³/mol. The number of esters is 2. The van der Waals surface area contributed by atoms with Gasteiger partial charge in [0.1, 0.15) is 6.20 Å². The summed E-state index contributed by atoms with van der Waals surface area (Å²) in [5.41, 5.74) is -0.159. The average molecular weight is 264 g/mol. The van der Waals surface area contributed by atoms with Gasteiger partial charge in [-0.1, -0.05) is 0 Å². The molecule has 1 aliphatic rings. The summed E-state index contributed by atoms with van der Waals surface area (Å²) < 4.78 is 9.75. The molecule has 100 valence electrons. The van der Waals surface area contributed by atoms with Crippen LogP contribution < -0.4 is 5.06 Å². The monoisotopic (exact) mass is 264 g/mol. The Morgan fingerprint density at radius 3 is 2.47 bits per heavy atom. The highest BCUT2D eigenvalue weighted by Gasteiger charge is 2.40. The second kappa shape index (κ2) is 4.79. The van der Waals surface area contributed by atoms with E-state index in [1.807, 2.05) is 0 Å². The number of carbonyl (C=O) groups is 2. The third kappa shape index (κ3) is 2.95. The lowest BCUT2D eigenvalue weighted by Gasteiger charge is -2.30. The SMILES string of the molecule is CC1(C)OC(=O)C(=C[NH+]([O-])c2cccnc2)C(=O)O1. The first-order valence-electron chi connectivity index (χ1n) is 5.52. The zero-order valence-corrected chi connectivity index (χ0v) is 10.4. The van der Waals surface area contributed by atoms with E-state index in [9.17, 15) is 14.8 Å². The molecule has 2 heterocycles. The number of aromatic nitrogens is 1. The molecule has 1 aliphatic heterocycles. The van der Waals surface area contributed by atoms with Crippen LogP contribution in [0.25, 0.3) is 0 Å². The van der Waals surface area contributed by atoms with Crippen LogP contribution in [-0.2, 0) is 19.1 Å². The van der Waals surface area contributed by atoms with E-state index in [2.05, 4.69) is 4.98 Å². The lowest BCUT2D eigenvalue weighted by molar-refractivity contribution is -0.714. The van der Waals surface area contributed by atoms with Crippen molar-refractivity contribution in [1.29, 1.82) is 0 Å². The molecule has 1 atom stereocenters. The third-order valence-electron chi connectivity index (χ3n) is 2.34. The van der Waals surface area contributed by atoms with Gasteiger partial charge in [-0.05, 0) is 6.07 Å². The number of pyridine rings is 1. The molecule has 0 spiro atoms. The van der Waals surface area contributed by atoms with E-state index in [0.717, 1.165) is 6.20 Å². The van der Waals surface area contributed by atoms with Crippen LogP contribution in [0, 0.1) is 5.21 Å². The van der Waals surface area contributed by atoms with E-state index in [4.69, 9.17) is 9.47 Å². The summed E-state index contributed by atoms with van der Waals surface area (Å²) in [6.45, 7) is 2.87. The molecule has 0 aromatic carbocycles. The summed E-state index contributed by atoms with van der Waals surface area (Å²) in [5.74, 6) is -3.07. The van der Waals surface area contributed by atoms with E-state index in [-0.39, 0.29) is 5.69 Å². The summed E-state index contributed by atoms with van der Waals surface area (Å²) in [7, 11) is 0. The lowest BCUT2D eigenvalue weighted by atomic mass is 10.2. The topological polar surface area (TPSA) is 93.0 Å². The lowest BCUT2D eigenvalue weighted by Crippen LogP contribution is -2.97. The average Bonchev–Trinajstić information content (AvgIpc) is 2.33. The first-order valence-corrected chi connectivity index (χ1v) is 5.52. The van der Waals surface area contributed by atoms with Gasteiger partial charge in [-0.15, -0.1) is 0 Å². The molecule has 1 aromatic rings. The van der Waals surface area contributed by atoms with Crippen LogP contribution in [0.15, 0.2) is 36.3 Å². The van der Waals surface area contributed by atoms with Crippen molar-refractivity contribution in [2.45, 2.75) is 19.6 Å². The van der Waals surface area contributed by atoms with Crippen LogP contribution in [0.2, 0.25) is 0 Å². The van der Waals surface area contributed by atoms with Crippen LogP contribution in [0.5, 0.6) is 0 Å². The van der Waals surface area contributed by atoms with E-state index in [1.54, 1.807) is 6.07 Å². The predicted octanol–water partition coefficient (Wildman–Crippen LogP) is -0.184. The molecule has 0 aliphatic carbocycles. The number of nitrogens with one attached hydrogen (secondary N) is 1. The maximum Gasteiger partial charge on any atom is 0.354 e. The smallest absolute Gasteiger partial charge is 0.354 e. The number of rotatable bonds is 2. The van der Waals surface area contributed by atoms with Crippen molar-refractivity contribution < 1.29 is 24.1 Å². The van der Waals surface area contributed by atoms with Gasteiger partial charge in [-0.3, -0.25) is 4.98 Å². The molecule has 0 bridgehead atoms. The minimum absolute atomic E-state index is 0.264. The second-order valence-electron chi connectivity index (χ2n) is 4.34. The van der Waals surface area contributed by atoms with Gasteiger partial charge in [0.15, 0.2) is 11.3 Å². The fourth-order valence-corrected chi connectivity index (χ4v) is 1.50. The van der Waals surface area contributed by atoms with Gasteiger partial charge in [0.2, 0.25) is 0 Å². The van der Waals surface area contributed by atoms with Gasteiger partial charge in [0.25, 0.3) is 5.79 Å². The Labute approximate surface area is 109 Å². The number of hydroxylamine groups is 1. The van der Waals surface area contributed by atoms with Crippen LogP contribution in [0.3, 0.4) is 0 Å². The maximum atomic E-state index is 11.8. The van der Waals surface area contributed by atoms with Crippen molar-refractivity contribution in [3.8, 4) is 0 Å². The Morgan fingerprint density at radius 1 is 1.32 bits per heavy atom. The summed E-state index contributed by atoms with van der Waals surface area (Å²) >= 11 is 0. The van der Waals surface area contributed by atoms with Crippen molar-refractivity contribution in [3.63, 3.8) is 0 Å². The molecule has 1 fully saturated rings. The van der Waals surface area contributed by atoms with E-state index >= 15 is 0 Å². The molecule has 7 heteroatoms. The van der Waals surface area contributed by atoms with Crippen molar-refractivity contribution >= 4 is 17.6 Å². The Morgan fingerprint density at radius 2 is 1.95 bits per heavy atom. The molecule has 1 unspecified atom stereocenters. The first kappa shape index (κ1) is 13.2. The Hall–Kier alpha value is -2.25. The molecule has 0 amide bonds.